The maximum atomic E-state index is 14.5. The number of sulfonamides is 1. The molecule has 0 saturated carbocycles. The number of carbonyl (C=O) groups excluding carboxylic acids is 2. The lowest BCUT2D eigenvalue weighted by atomic mass is 10.0. The lowest BCUT2D eigenvalue weighted by molar-refractivity contribution is -0.140. The highest BCUT2D eigenvalue weighted by atomic mass is 32.2. The van der Waals surface area contributed by atoms with E-state index < -0.39 is 34.3 Å². The molecule has 0 bridgehead atoms. The van der Waals surface area contributed by atoms with Crippen LogP contribution in [-0.4, -0.2) is 51.4 Å². The van der Waals surface area contributed by atoms with E-state index in [4.69, 9.17) is 4.74 Å². The second-order valence-electron chi connectivity index (χ2n) is 10.6. The van der Waals surface area contributed by atoms with Crippen molar-refractivity contribution in [3.63, 3.8) is 0 Å². The third-order valence-electron chi connectivity index (χ3n) is 7.33. The maximum Gasteiger partial charge on any atom is 0.264 e. The summed E-state index contributed by atoms with van der Waals surface area (Å²) in [7, 11) is -2.85. The van der Waals surface area contributed by atoms with Gasteiger partial charge in [0.05, 0.1) is 17.7 Å². The Labute approximate surface area is 264 Å². The topological polar surface area (TPSA) is 96.0 Å². The maximum absolute atomic E-state index is 14.5. The highest BCUT2D eigenvalue weighted by molar-refractivity contribution is 7.92. The van der Waals surface area contributed by atoms with Crippen molar-refractivity contribution in [2.75, 3.05) is 24.5 Å². The first-order valence-corrected chi connectivity index (χ1v) is 16.2. The van der Waals surface area contributed by atoms with Gasteiger partial charge in [-0.2, -0.15) is 0 Å². The number of aryl methyl sites for hydroxylation is 1. The number of ether oxygens (including phenoxy) is 1. The Kier molecular flexibility index (Phi) is 11.3. The fourth-order valence-electron chi connectivity index (χ4n) is 4.89. The molecule has 1 N–H and O–H groups in total. The van der Waals surface area contributed by atoms with Gasteiger partial charge in [-0.3, -0.25) is 13.9 Å². The molecule has 0 unspecified atom stereocenters. The Morgan fingerprint density at radius 1 is 0.867 bits per heavy atom. The summed E-state index contributed by atoms with van der Waals surface area (Å²) in [6.45, 7) is 3.50. The van der Waals surface area contributed by atoms with E-state index in [-0.39, 0.29) is 35.2 Å². The summed E-state index contributed by atoms with van der Waals surface area (Å²) in [5.41, 5.74) is 2.45. The lowest BCUT2D eigenvalue weighted by Gasteiger charge is -2.34. The minimum absolute atomic E-state index is 0.00147. The van der Waals surface area contributed by atoms with E-state index in [1.165, 1.54) is 36.3 Å². The molecule has 0 heterocycles. The summed E-state index contributed by atoms with van der Waals surface area (Å²) >= 11 is 0. The van der Waals surface area contributed by atoms with Gasteiger partial charge in [0.15, 0.2) is 0 Å². The number of hydrogen-bond acceptors (Lipinski definition) is 5. The van der Waals surface area contributed by atoms with Gasteiger partial charge >= 0.3 is 0 Å². The molecule has 4 aromatic carbocycles. The molecule has 0 radical (unpaired) electrons. The Balaban J connectivity index is 1.82. The van der Waals surface area contributed by atoms with Crippen LogP contribution in [0, 0.1) is 12.7 Å². The zero-order valence-corrected chi connectivity index (χ0v) is 26.5. The number of benzene rings is 4. The van der Waals surface area contributed by atoms with Crippen LogP contribution in [0.2, 0.25) is 0 Å². The standard InChI is InChI=1S/C35H38FN3O5S/c1-4-22-37-35(41)32(23-27-10-6-5-7-11-27)38(24-28-16-18-29(36)19-17-28)34(40)25-39(31-12-8-9-13-33(31)44-3)45(42,43)30-20-14-26(2)15-21-30/h5-21,32H,4,22-25H2,1-3H3,(H,37,41)/t32-/m1/s1. The van der Waals surface area contributed by atoms with Gasteiger partial charge in [-0.05, 0) is 60.9 Å². The summed E-state index contributed by atoms with van der Waals surface area (Å²) in [6, 6.07) is 26.8. The van der Waals surface area contributed by atoms with Crippen LogP contribution in [0.15, 0.2) is 108 Å². The van der Waals surface area contributed by atoms with Crippen molar-refractivity contribution in [1.29, 1.82) is 0 Å². The number of para-hydroxylation sites is 2. The normalized spacial score (nSPS) is 11.8. The third-order valence-corrected chi connectivity index (χ3v) is 9.10. The Bertz CT molecular complexity index is 1680. The van der Waals surface area contributed by atoms with Gasteiger partial charge in [0.25, 0.3) is 10.0 Å². The largest absolute Gasteiger partial charge is 0.495 e. The molecule has 4 rings (SSSR count). The average Bonchev–Trinajstić information content (AvgIpc) is 3.05. The SMILES string of the molecule is CCCNC(=O)[C@@H](Cc1ccccc1)N(Cc1ccc(F)cc1)C(=O)CN(c1ccccc1OC)S(=O)(=O)c1ccc(C)cc1. The van der Waals surface area contributed by atoms with Crippen LogP contribution < -0.4 is 14.4 Å². The average molecular weight is 632 g/mol. The van der Waals surface area contributed by atoms with Crippen LogP contribution in [0.1, 0.15) is 30.0 Å². The van der Waals surface area contributed by atoms with Gasteiger partial charge in [0.1, 0.15) is 24.2 Å². The molecule has 0 aromatic heterocycles. The zero-order chi connectivity index (χ0) is 32.4. The van der Waals surface area contributed by atoms with E-state index >= 15 is 0 Å². The molecule has 45 heavy (non-hydrogen) atoms. The van der Waals surface area contributed by atoms with E-state index in [0.29, 0.717) is 18.5 Å². The first kappa shape index (κ1) is 33.2. The fraction of sp³-hybridized carbons (Fsp3) is 0.257. The molecule has 1 atom stereocenters. The minimum atomic E-state index is -4.27. The van der Waals surface area contributed by atoms with Crippen molar-refractivity contribution in [2.24, 2.45) is 0 Å². The van der Waals surface area contributed by atoms with Crippen LogP contribution in [0.3, 0.4) is 0 Å². The summed E-state index contributed by atoms with van der Waals surface area (Å²) in [5, 5.41) is 2.90. The van der Waals surface area contributed by atoms with Crippen molar-refractivity contribution in [3.05, 3.63) is 126 Å². The highest BCUT2D eigenvalue weighted by Crippen LogP contribution is 2.32. The number of carbonyl (C=O) groups is 2. The number of nitrogens with zero attached hydrogens (tertiary/aromatic N) is 2. The fourth-order valence-corrected chi connectivity index (χ4v) is 6.32. The van der Waals surface area contributed by atoms with Gasteiger partial charge in [0, 0.05) is 19.5 Å². The summed E-state index contributed by atoms with van der Waals surface area (Å²) in [4.78, 5) is 29.5. The number of anilines is 1. The molecule has 0 spiro atoms. The molecule has 8 nitrogen and oxygen atoms in total. The van der Waals surface area contributed by atoms with E-state index in [1.54, 1.807) is 48.5 Å². The van der Waals surface area contributed by atoms with Crippen LogP contribution in [0.4, 0.5) is 10.1 Å². The van der Waals surface area contributed by atoms with Crippen LogP contribution in [0.25, 0.3) is 0 Å². The van der Waals surface area contributed by atoms with E-state index in [1.807, 2.05) is 44.2 Å². The van der Waals surface area contributed by atoms with Crippen molar-refractivity contribution in [1.82, 2.24) is 10.2 Å². The van der Waals surface area contributed by atoms with Crippen LogP contribution >= 0.6 is 0 Å². The molecular weight excluding hydrogens is 593 g/mol. The Hall–Kier alpha value is -4.70. The quantitative estimate of drug-likeness (QED) is 0.198. The minimum Gasteiger partial charge on any atom is -0.495 e. The number of nitrogens with one attached hydrogen (secondary N) is 1. The second-order valence-corrected chi connectivity index (χ2v) is 12.5. The lowest BCUT2D eigenvalue weighted by Crippen LogP contribution is -2.53. The predicted octanol–water partition coefficient (Wildman–Crippen LogP) is 5.50. The molecule has 10 heteroatoms. The number of hydrogen-bond donors (Lipinski definition) is 1. The molecular formula is C35H38FN3O5S. The van der Waals surface area contributed by atoms with Gasteiger partial charge in [-0.1, -0.05) is 79.2 Å². The zero-order valence-electron chi connectivity index (χ0n) is 25.6. The molecule has 0 fully saturated rings. The van der Waals surface area contributed by atoms with Gasteiger partial charge < -0.3 is 15.0 Å². The van der Waals surface area contributed by atoms with Gasteiger partial charge in [-0.25, -0.2) is 12.8 Å². The molecule has 2 amide bonds. The number of rotatable bonds is 14. The van der Waals surface area contributed by atoms with Gasteiger partial charge in [0.2, 0.25) is 11.8 Å². The summed E-state index contributed by atoms with van der Waals surface area (Å²) in [5.74, 6) is -1.17. The molecule has 0 aliphatic carbocycles. The summed E-state index contributed by atoms with van der Waals surface area (Å²) in [6.07, 6.45) is 0.870. The number of methoxy groups -OCH3 is 1. The van der Waals surface area contributed by atoms with Crippen molar-refractivity contribution < 1.29 is 27.1 Å². The van der Waals surface area contributed by atoms with Crippen LogP contribution in [-0.2, 0) is 32.6 Å². The van der Waals surface area contributed by atoms with Crippen LogP contribution in [0.5, 0.6) is 5.75 Å². The van der Waals surface area contributed by atoms with E-state index in [0.717, 1.165) is 15.4 Å². The Morgan fingerprint density at radius 2 is 1.51 bits per heavy atom. The predicted molar refractivity (Wildman–Crippen MR) is 173 cm³/mol. The van der Waals surface area contributed by atoms with Crippen molar-refractivity contribution in [2.45, 2.75) is 44.2 Å². The molecule has 236 valence electrons. The second kappa shape index (κ2) is 15.3. The summed E-state index contributed by atoms with van der Waals surface area (Å²) < 4.78 is 48.7. The van der Waals surface area contributed by atoms with Crippen molar-refractivity contribution >= 4 is 27.5 Å². The van der Waals surface area contributed by atoms with Gasteiger partial charge in [-0.15, -0.1) is 0 Å². The van der Waals surface area contributed by atoms with E-state index in [9.17, 15) is 22.4 Å². The smallest absolute Gasteiger partial charge is 0.264 e. The number of halogens is 1. The third kappa shape index (κ3) is 8.48. The monoisotopic (exact) mass is 631 g/mol. The number of amides is 2. The first-order valence-electron chi connectivity index (χ1n) is 14.7. The Morgan fingerprint density at radius 3 is 2.16 bits per heavy atom. The molecule has 0 aliphatic heterocycles. The molecule has 0 saturated heterocycles. The first-order chi connectivity index (χ1) is 21.6. The van der Waals surface area contributed by atoms with E-state index in [2.05, 4.69) is 5.32 Å². The molecule has 0 aliphatic rings. The molecule has 4 aromatic rings. The van der Waals surface area contributed by atoms with Crippen molar-refractivity contribution in [3.8, 4) is 5.75 Å². The highest BCUT2D eigenvalue weighted by Gasteiger charge is 2.35.